The molecule has 0 saturated heterocycles. The summed E-state index contributed by atoms with van der Waals surface area (Å²) in [4.78, 5) is 9.54. The maximum Gasteiger partial charge on any atom is 0.178 e. The van der Waals surface area contributed by atoms with Crippen LogP contribution in [-0.2, 0) is 21.3 Å². The van der Waals surface area contributed by atoms with Crippen molar-refractivity contribution in [2.75, 3.05) is 12.4 Å². The molecule has 0 fully saturated rings. The maximum absolute atomic E-state index is 12.1. The molecule has 2 aromatic carbocycles. The molecule has 0 aliphatic heterocycles. The highest BCUT2D eigenvalue weighted by Gasteiger charge is 2.17. The van der Waals surface area contributed by atoms with Crippen LogP contribution in [0.5, 0.6) is 11.5 Å². The largest absolute Gasteiger partial charge is 0.457 e. The summed E-state index contributed by atoms with van der Waals surface area (Å²) in [6.07, 6.45) is 1.74. The highest BCUT2D eigenvalue weighted by Crippen LogP contribution is 2.29. The van der Waals surface area contributed by atoms with Gasteiger partial charge in [0.2, 0.25) is 0 Å². The van der Waals surface area contributed by atoms with Gasteiger partial charge in [-0.05, 0) is 48.5 Å². The van der Waals surface area contributed by atoms with E-state index in [9.17, 15) is 8.42 Å². The molecule has 4 rings (SSSR count). The first-order chi connectivity index (χ1) is 16.7. The molecular weight excluding hydrogens is 478 g/mol. The van der Waals surface area contributed by atoms with Crippen molar-refractivity contribution in [1.29, 1.82) is 0 Å². The lowest BCUT2D eigenvalue weighted by Crippen LogP contribution is -2.22. The number of imidazole rings is 1. The van der Waals surface area contributed by atoms with Gasteiger partial charge in [-0.1, -0.05) is 32.6 Å². The first-order valence-corrected chi connectivity index (χ1v) is 16.9. The second-order valence-electron chi connectivity index (χ2n) is 9.47. The highest BCUT2D eigenvalue weighted by atomic mass is 32.2. The summed E-state index contributed by atoms with van der Waals surface area (Å²) in [5, 5.41) is 0. The van der Waals surface area contributed by atoms with E-state index in [1.165, 1.54) is 0 Å². The number of sulfone groups is 1. The monoisotopic (exact) mass is 508 g/mol. The SMILES string of the molecule is CCS(=O)(=O)c1ccc(Oc2[c]cc3nc(-c4ccccn4)n(COCC[Si](C)(C)C)c3c2)cc1. The van der Waals surface area contributed by atoms with Crippen LogP contribution in [0.1, 0.15) is 6.92 Å². The second-order valence-corrected chi connectivity index (χ2v) is 17.4. The van der Waals surface area contributed by atoms with E-state index in [0.717, 1.165) is 22.8 Å². The van der Waals surface area contributed by atoms with Gasteiger partial charge in [0.05, 0.1) is 21.7 Å². The van der Waals surface area contributed by atoms with E-state index >= 15 is 0 Å². The molecule has 1 radical (unpaired) electrons. The summed E-state index contributed by atoms with van der Waals surface area (Å²) in [5.74, 6) is 1.80. The van der Waals surface area contributed by atoms with Gasteiger partial charge in [-0.15, -0.1) is 0 Å². The van der Waals surface area contributed by atoms with Crippen molar-refractivity contribution in [3.63, 3.8) is 0 Å². The van der Waals surface area contributed by atoms with E-state index in [0.29, 0.717) is 30.7 Å². The van der Waals surface area contributed by atoms with Crippen LogP contribution in [0.3, 0.4) is 0 Å². The van der Waals surface area contributed by atoms with Crippen molar-refractivity contribution < 1.29 is 17.9 Å². The van der Waals surface area contributed by atoms with E-state index in [4.69, 9.17) is 14.5 Å². The van der Waals surface area contributed by atoms with Gasteiger partial charge in [-0.2, -0.15) is 0 Å². The van der Waals surface area contributed by atoms with E-state index < -0.39 is 17.9 Å². The quantitative estimate of drug-likeness (QED) is 0.199. The van der Waals surface area contributed by atoms with Crippen LogP contribution in [0.2, 0.25) is 25.7 Å². The molecule has 0 saturated carbocycles. The Morgan fingerprint density at radius 1 is 1.09 bits per heavy atom. The summed E-state index contributed by atoms with van der Waals surface area (Å²) in [6, 6.07) is 20.0. The van der Waals surface area contributed by atoms with Gasteiger partial charge in [0.1, 0.15) is 23.9 Å². The molecule has 7 nitrogen and oxygen atoms in total. The number of nitrogens with zero attached hydrogens (tertiary/aromatic N) is 3. The molecule has 0 bridgehead atoms. The standard InChI is InChI=1S/C26H30N3O4SSi/c1-5-34(30,31)22-12-9-20(10-13-22)33-21-11-14-23-25(18-21)29(19-32-16-17-35(2,3)4)26(28-23)24-8-6-7-15-27-24/h6-10,12-15,18H,5,16-17,19H2,1-4H3. The van der Waals surface area contributed by atoms with Gasteiger partial charge >= 0.3 is 0 Å². The minimum atomic E-state index is -3.26. The van der Waals surface area contributed by atoms with Crippen molar-refractivity contribution in [2.45, 2.75) is 44.2 Å². The second kappa shape index (κ2) is 10.3. The van der Waals surface area contributed by atoms with Crippen LogP contribution in [0.15, 0.2) is 65.7 Å². The topological polar surface area (TPSA) is 83.3 Å². The van der Waals surface area contributed by atoms with Gasteiger partial charge in [0.15, 0.2) is 15.7 Å². The van der Waals surface area contributed by atoms with Gasteiger partial charge in [0, 0.05) is 33.0 Å². The molecule has 0 atom stereocenters. The molecule has 4 aromatic rings. The minimum absolute atomic E-state index is 0.0558. The number of hydrogen-bond donors (Lipinski definition) is 0. The molecule has 9 heteroatoms. The van der Waals surface area contributed by atoms with Crippen molar-refractivity contribution in [3.05, 3.63) is 66.9 Å². The van der Waals surface area contributed by atoms with Gasteiger partial charge in [-0.3, -0.25) is 9.55 Å². The first-order valence-electron chi connectivity index (χ1n) is 11.6. The Morgan fingerprint density at radius 3 is 2.51 bits per heavy atom. The molecule has 183 valence electrons. The number of rotatable bonds is 10. The van der Waals surface area contributed by atoms with Crippen molar-refractivity contribution in [2.24, 2.45) is 0 Å². The fraction of sp³-hybridized carbons (Fsp3) is 0.308. The molecule has 2 aromatic heterocycles. The average Bonchev–Trinajstić information content (AvgIpc) is 3.20. The minimum Gasteiger partial charge on any atom is -0.457 e. The lowest BCUT2D eigenvalue weighted by molar-refractivity contribution is 0.0909. The van der Waals surface area contributed by atoms with Crippen LogP contribution < -0.4 is 4.74 Å². The van der Waals surface area contributed by atoms with Crippen molar-refractivity contribution >= 4 is 28.9 Å². The number of aromatic nitrogens is 3. The van der Waals surface area contributed by atoms with E-state index in [1.54, 1.807) is 43.5 Å². The zero-order valence-electron chi connectivity index (χ0n) is 20.5. The zero-order valence-corrected chi connectivity index (χ0v) is 22.3. The van der Waals surface area contributed by atoms with Gasteiger partial charge in [-0.25, -0.2) is 13.4 Å². The van der Waals surface area contributed by atoms with Crippen molar-refractivity contribution in [3.8, 4) is 23.0 Å². The third-order valence-electron chi connectivity index (χ3n) is 5.56. The van der Waals surface area contributed by atoms with Crippen molar-refractivity contribution in [1.82, 2.24) is 14.5 Å². The predicted octanol–water partition coefficient (Wildman–Crippen LogP) is 5.80. The Bertz CT molecular complexity index is 1400. The highest BCUT2D eigenvalue weighted by molar-refractivity contribution is 7.91. The van der Waals surface area contributed by atoms with Crippen LogP contribution in [-0.4, -0.2) is 43.4 Å². The Hall–Kier alpha value is -3.01. The molecule has 0 amide bonds. The number of ether oxygens (including phenoxy) is 2. The van der Waals surface area contributed by atoms with Gasteiger partial charge < -0.3 is 9.47 Å². The number of pyridine rings is 1. The Kier molecular flexibility index (Phi) is 7.39. The molecule has 0 N–H and O–H groups in total. The third kappa shape index (κ3) is 6.16. The summed E-state index contributed by atoms with van der Waals surface area (Å²) >= 11 is 0. The van der Waals surface area contributed by atoms with E-state index in [2.05, 4.69) is 30.7 Å². The lowest BCUT2D eigenvalue weighted by atomic mass is 10.3. The normalized spacial score (nSPS) is 12.2. The number of fused-ring (bicyclic) bond motifs is 1. The summed E-state index contributed by atoms with van der Waals surface area (Å²) < 4.78 is 38.2. The average molecular weight is 509 g/mol. The Labute approximate surface area is 207 Å². The fourth-order valence-electron chi connectivity index (χ4n) is 3.47. The molecule has 0 aliphatic rings. The smallest absolute Gasteiger partial charge is 0.178 e. The molecule has 0 unspecified atom stereocenters. The van der Waals surface area contributed by atoms with Crippen LogP contribution in [0.25, 0.3) is 22.6 Å². The van der Waals surface area contributed by atoms with E-state index in [-0.39, 0.29) is 10.6 Å². The van der Waals surface area contributed by atoms with Gasteiger partial charge in [0.25, 0.3) is 0 Å². The third-order valence-corrected chi connectivity index (χ3v) is 9.01. The summed E-state index contributed by atoms with van der Waals surface area (Å²) in [6.45, 7) is 9.64. The van der Waals surface area contributed by atoms with Crippen LogP contribution in [0, 0.1) is 6.07 Å². The Balaban J connectivity index is 1.63. The number of benzene rings is 2. The molecule has 2 heterocycles. The maximum atomic E-state index is 12.1. The number of hydrogen-bond acceptors (Lipinski definition) is 6. The molecule has 0 aliphatic carbocycles. The van der Waals surface area contributed by atoms with Crippen LogP contribution >= 0.6 is 0 Å². The van der Waals surface area contributed by atoms with Crippen LogP contribution in [0.4, 0.5) is 0 Å². The zero-order chi connectivity index (χ0) is 25.1. The molecular formula is C26H30N3O4SSi. The first kappa shape index (κ1) is 25.1. The van der Waals surface area contributed by atoms with E-state index in [1.807, 2.05) is 28.8 Å². The Morgan fingerprint density at radius 2 is 1.86 bits per heavy atom. The fourth-order valence-corrected chi connectivity index (χ4v) is 5.11. The molecule has 0 spiro atoms. The molecule has 35 heavy (non-hydrogen) atoms. The summed E-state index contributed by atoms with van der Waals surface area (Å²) in [5.41, 5.74) is 2.36. The lowest BCUT2D eigenvalue weighted by Gasteiger charge is -2.16. The predicted molar refractivity (Wildman–Crippen MR) is 140 cm³/mol. The summed E-state index contributed by atoms with van der Waals surface area (Å²) in [7, 11) is -4.46.